The highest BCUT2D eigenvalue weighted by molar-refractivity contribution is 7.87. The minimum Gasteiger partial charge on any atom is -0.463 e. The van der Waals surface area contributed by atoms with Crippen LogP contribution in [-0.2, 0) is 30.3 Å². The zero-order chi connectivity index (χ0) is 16.8. The average Bonchev–Trinajstić information content (AvgIpc) is 2.38. The summed E-state index contributed by atoms with van der Waals surface area (Å²) in [6.45, 7) is 1.48. The molecule has 0 spiro atoms. The number of alkyl halides is 3. The van der Waals surface area contributed by atoms with E-state index in [-0.39, 0.29) is 13.0 Å². The molecule has 0 radical (unpaired) electrons. The van der Waals surface area contributed by atoms with Crippen LogP contribution in [-0.4, -0.2) is 26.5 Å². The van der Waals surface area contributed by atoms with Crippen LogP contribution in [0.25, 0.3) is 0 Å². The van der Waals surface area contributed by atoms with E-state index in [1.165, 1.54) is 6.92 Å². The van der Waals surface area contributed by atoms with Crippen LogP contribution in [0, 0.1) is 0 Å². The summed E-state index contributed by atoms with van der Waals surface area (Å²) in [7, 11) is -5.85. The summed E-state index contributed by atoms with van der Waals surface area (Å²) in [5, 5.41) is 0. The van der Waals surface area contributed by atoms with Gasteiger partial charge in [-0.05, 0) is 12.5 Å². The number of benzene rings is 1. The van der Waals surface area contributed by atoms with Crippen LogP contribution in [0.1, 0.15) is 12.5 Å². The largest absolute Gasteiger partial charge is 0.534 e. The molecule has 0 aromatic heterocycles. The molecule has 0 atom stereocenters. The molecule has 0 heterocycles. The van der Waals surface area contributed by atoms with Crippen molar-refractivity contribution < 1.29 is 35.3 Å². The van der Waals surface area contributed by atoms with Gasteiger partial charge in [0, 0.05) is 6.42 Å². The first-order valence-corrected chi connectivity index (χ1v) is 7.48. The summed E-state index contributed by atoms with van der Waals surface area (Å²) >= 11 is 0. The van der Waals surface area contributed by atoms with Crippen LogP contribution in [0.2, 0.25) is 0 Å². The van der Waals surface area contributed by atoms with Gasteiger partial charge in [-0.25, -0.2) is 4.79 Å². The maximum Gasteiger partial charge on any atom is 0.534 e. The zero-order valence-electron chi connectivity index (χ0n) is 11.5. The minimum absolute atomic E-state index is 0.0139. The zero-order valence-corrected chi connectivity index (χ0v) is 12.3. The van der Waals surface area contributed by atoms with Crippen LogP contribution in [0.5, 0.6) is 0 Å². The topological polar surface area (TPSA) is 69.7 Å². The van der Waals surface area contributed by atoms with Crippen LogP contribution >= 0.6 is 0 Å². The second-order valence-electron chi connectivity index (χ2n) is 4.01. The highest BCUT2D eigenvalue weighted by atomic mass is 32.2. The van der Waals surface area contributed by atoms with E-state index < -0.39 is 27.4 Å². The lowest BCUT2D eigenvalue weighted by molar-refractivity contribution is -0.137. The predicted octanol–water partition coefficient (Wildman–Crippen LogP) is 2.54. The summed E-state index contributed by atoms with van der Waals surface area (Å²) in [4.78, 5) is 11.3. The molecular formula is C13H13F3O5S. The lowest BCUT2D eigenvalue weighted by Gasteiger charge is -2.12. The number of allylic oxidation sites excluding steroid dienone is 1. The Labute approximate surface area is 125 Å². The van der Waals surface area contributed by atoms with E-state index >= 15 is 0 Å². The molecule has 5 nitrogen and oxygen atoms in total. The number of rotatable bonds is 6. The van der Waals surface area contributed by atoms with E-state index in [0.717, 1.165) is 0 Å². The monoisotopic (exact) mass is 338 g/mol. The van der Waals surface area contributed by atoms with Crippen molar-refractivity contribution in [2.75, 3.05) is 6.61 Å². The van der Waals surface area contributed by atoms with Gasteiger partial charge >= 0.3 is 21.6 Å². The van der Waals surface area contributed by atoms with Gasteiger partial charge in [0.1, 0.15) is 5.76 Å². The fraction of sp³-hybridized carbons (Fsp3) is 0.308. The van der Waals surface area contributed by atoms with Crippen molar-refractivity contribution in [3.8, 4) is 0 Å². The van der Waals surface area contributed by atoms with Gasteiger partial charge in [-0.2, -0.15) is 21.6 Å². The van der Waals surface area contributed by atoms with Gasteiger partial charge in [0.25, 0.3) is 0 Å². The summed E-state index contributed by atoms with van der Waals surface area (Å²) in [6.07, 6.45) is 0.273. The van der Waals surface area contributed by atoms with Gasteiger partial charge in [-0.1, -0.05) is 30.3 Å². The highest BCUT2D eigenvalue weighted by Crippen LogP contribution is 2.27. The Bertz CT molecular complexity index is 635. The molecule has 1 aromatic rings. The molecule has 1 aromatic carbocycles. The molecule has 9 heteroatoms. The molecule has 0 unspecified atom stereocenters. The fourth-order valence-corrected chi connectivity index (χ4v) is 1.89. The lowest BCUT2D eigenvalue weighted by Crippen LogP contribution is -2.26. The second-order valence-corrected chi connectivity index (χ2v) is 5.55. The third kappa shape index (κ3) is 5.40. The molecular weight excluding hydrogens is 325 g/mol. The minimum atomic E-state index is -5.85. The number of halogens is 3. The Morgan fingerprint density at radius 3 is 2.32 bits per heavy atom. The maximum absolute atomic E-state index is 12.4. The van der Waals surface area contributed by atoms with Gasteiger partial charge in [0.05, 0.1) is 12.7 Å². The normalized spacial score (nSPS) is 12.8. The molecule has 0 aliphatic heterocycles. The van der Waals surface area contributed by atoms with E-state index in [1.807, 2.05) is 0 Å². The molecule has 0 saturated heterocycles. The van der Waals surface area contributed by atoms with E-state index in [4.69, 9.17) is 0 Å². The maximum atomic E-state index is 12.4. The third-order valence-corrected chi connectivity index (χ3v) is 3.29. The van der Waals surface area contributed by atoms with Crippen molar-refractivity contribution in [1.29, 1.82) is 0 Å². The average molecular weight is 338 g/mol. The molecule has 0 fully saturated rings. The first-order chi connectivity index (χ1) is 10.2. The fourth-order valence-electron chi connectivity index (χ4n) is 1.41. The lowest BCUT2D eigenvalue weighted by atomic mass is 10.1. The second kappa shape index (κ2) is 7.30. The van der Waals surface area contributed by atoms with Crippen molar-refractivity contribution in [3.63, 3.8) is 0 Å². The van der Waals surface area contributed by atoms with E-state index in [1.54, 1.807) is 30.3 Å². The number of hydrogen-bond acceptors (Lipinski definition) is 5. The van der Waals surface area contributed by atoms with Crippen molar-refractivity contribution in [2.45, 2.75) is 18.9 Å². The summed E-state index contributed by atoms with van der Waals surface area (Å²) in [5.74, 6) is -1.67. The van der Waals surface area contributed by atoms with Gasteiger partial charge < -0.3 is 8.92 Å². The molecule has 0 bridgehead atoms. The third-order valence-electron chi connectivity index (χ3n) is 2.29. The highest BCUT2D eigenvalue weighted by Gasteiger charge is 2.48. The molecule has 0 N–H and O–H groups in total. The SMILES string of the molecule is CCOC(=O)/C=C(/Cc1ccccc1)OS(=O)(=O)C(F)(F)F. The van der Waals surface area contributed by atoms with E-state index in [0.29, 0.717) is 11.6 Å². The number of esters is 1. The molecule has 0 aliphatic rings. The molecule has 0 amide bonds. The van der Waals surface area contributed by atoms with Crippen LogP contribution in [0.3, 0.4) is 0 Å². The molecule has 0 aliphatic carbocycles. The van der Waals surface area contributed by atoms with Gasteiger partial charge in [-0.3, -0.25) is 0 Å². The van der Waals surface area contributed by atoms with Crippen molar-refractivity contribution in [1.82, 2.24) is 0 Å². The molecule has 0 saturated carbocycles. The Morgan fingerprint density at radius 1 is 1.23 bits per heavy atom. The molecule has 122 valence electrons. The van der Waals surface area contributed by atoms with Crippen molar-refractivity contribution >= 4 is 16.1 Å². The number of hydrogen-bond donors (Lipinski definition) is 0. The quantitative estimate of drug-likeness (QED) is 0.262. The first-order valence-electron chi connectivity index (χ1n) is 6.07. The van der Waals surface area contributed by atoms with E-state index in [2.05, 4.69) is 8.92 Å². The number of carbonyl (C=O) groups excluding carboxylic acids is 1. The van der Waals surface area contributed by atoms with Crippen LogP contribution < -0.4 is 0 Å². The van der Waals surface area contributed by atoms with Gasteiger partial charge in [0.2, 0.25) is 0 Å². The smallest absolute Gasteiger partial charge is 0.463 e. The molecule has 1 rings (SSSR count). The standard InChI is InChI=1S/C13H13F3O5S/c1-2-20-12(17)9-11(8-10-6-4-3-5-7-10)21-22(18,19)13(14,15)16/h3-7,9H,2,8H2,1H3/b11-9-. The molecule has 22 heavy (non-hydrogen) atoms. The first kappa shape index (κ1) is 18.0. The Morgan fingerprint density at radius 2 is 1.82 bits per heavy atom. The summed E-state index contributed by atoms with van der Waals surface area (Å²) in [5.41, 5.74) is -5.12. The Hall–Kier alpha value is -2.03. The van der Waals surface area contributed by atoms with Gasteiger partial charge in [0.15, 0.2) is 0 Å². The Balaban J connectivity index is 3.05. The number of carbonyl (C=O) groups is 1. The van der Waals surface area contributed by atoms with E-state index in [9.17, 15) is 26.4 Å². The van der Waals surface area contributed by atoms with Crippen LogP contribution in [0.4, 0.5) is 13.2 Å². The summed E-state index contributed by atoms with van der Waals surface area (Å²) < 4.78 is 67.8. The van der Waals surface area contributed by atoms with Crippen molar-refractivity contribution in [2.24, 2.45) is 0 Å². The summed E-state index contributed by atoms with van der Waals surface area (Å²) in [6, 6.07) is 7.97. The van der Waals surface area contributed by atoms with Gasteiger partial charge in [-0.15, -0.1) is 0 Å². The van der Waals surface area contributed by atoms with Crippen molar-refractivity contribution in [3.05, 3.63) is 47.7 Å². The Kier molecular flexibility index (Phi) is 5.98. The number of ether oxygens (including phenoxy) is 1. The van der Waals surface area contributed by atoms with Crippen LogP contribution in [0.15, 0.2) is 42.2 Å². The predicted molar refractivity (Wildman–Crippen MR) is 70.9 cm³/mol.